The number of Topliss-reactive ketones (excluding diaryl/α,β-unsaturated/α-hetero) is 1. The second kappa shape index (κ2) is 8.57. The highest BCUT2D eigenvalue weighted by molar-refractivity contribution is 6.25. The van der Waals surface area contributed by atoms with Gasteiger partial charge < -0.3 is 25.3 Å². The number of carboxylic acids is 1. The number of amides is 1. The van der Waals surface area contributed by atoms with Gasteiger partial charge in [-0.25, -0.2) is 9.78 Å². The maximum Gasteiger partial charge on any atom is 0.326 e. The first-order valence-corrected chi connectivity index (χ1v) is 6.64. The van der Waals surface area contributed by atoms with Crippen LogP contribution >= 0.6 is 0 Å². The molecule has 2 atom stereocenters. The average molecular weight is 323 g/mol. The van der Waals surface area contributed by atoms with Crippen LogP contribution in [0, 0.1) is 0 Å². The molecule has 0 saturated heterocycles. The number of carbonyl (C=O) groups excluding carboxylic acids is 2. The molecule has 0 aliphatic rings. The van der Waals surface area contributed by atoms with Crippen molar-refractivity contribution in [2.75, 3.05) is 7.11 Å². The van der Waals surface area contributed by atoms with Crippen molar-refractivity contribution in [2.24, 2.45) is 7.05 Å². The summed E-state index contributed by atoms with van der Waals surface area (Å²) < 4.78 is 6.65. The molecule has 1 aromatic rings. The summed E-state index contributed by atoms with van der Waals surface area (Å²) in [5.41, 5.74) is 8.23. The lowest BCUT2D eigenvalue weighted by molar-refractivity contribution is -0.144. The molecule has 2 N–H and O–H groups in total. The molecule has 10 nitrogen and oxygen atoms in total. The van der Waals surface area contributed by atoms with Gasteiger partial charge in [0.05, 0.1) is 0 Å². The Balaban J connectivity index is 2.76. The zero-order valence-corrected chi connectivity index (χ0v) is 12.7. The van der Waals surface area contributed by atoms with Crippen molar-refractivity contribution in [1.82, 2.24) is 14.9 Å². The Hall–Kier alpha value is -2.84. The summed E-state index contributed by atoms with van der Waals surface area (Å²) in [5.74, 6) is -2.21. The molecule has 23 heavy (non-hydrogen) atoms. The summed E-state index contributed by atoms with van der Waals surface area (Å²) in [7, 11) is 2.97. The number of carbonyl (C=O) groups is 3. The van der Waals surface area contributed by atoms with Crippen LogP contribution < -0.4 is 5.32 Å². The van der Waals surface area contributed by atoms with E-state index in [1.54, 1.807) is 17.8 Å². The third-order valence-electron chi connectivity index (χ3n) is 3.06. The van der Waals surface area contributed by atoms with E-state index in [1.165, 1.54) is 13.3 Å². The lowest BCUT2D eigenvalue weighted by Crippen LogP contribution is -2.44. The predicted octanol–water partition coefficient (Wildman–Crippen LogP) is -0.673. The Morgan fingerprint density at radius 1 is 1.57 bits per heavy atom. The monoisotopic (exact) mass is 323 g/mol. The number of carboxylic acid groups (broad SMARTS) is 1. The fraction of sp³-hybridized carbons (Fsp3) is 0.462. The molecule has 1 heterocycles. The molecule has 0 unspecified atom stereocenters. The van der Waals surface area contributed by atoms with E-state index in [2.05, 4.69) is 15.1 Å². The Bertz CT molecular complexity index is 634. The van der Waals surface area contributed by atoms with E-state index in [1.807, 2.05) is 0 Å². The van der Waals surface area contributed by atoms with Gasteiger partial charge in [0.15, 0.2) is 6.10 Å². The first kappa shape index (κ1) is 18.2. The zero-order valence-electron chi connectivity index (χ0n) is 12.7. The standard InChI is InChI=1S/C13H17N5O5/c1-18-6-5-15-11(18)10(23-2)12(20)17-9(13(21)22)4-3-8(19)7-16-14/h5-7,9-10H,3-4H2,1-2H3,(H,17,20)(H,21,22)/t9-,10-/m0/s1. The average Bonchev–Trinajstić information content (AvgIpc) is 2.90. The number of aryl methyl sites for hydroxylation is 1. The molecular formula is C13H17N5O5. The van der Waals surface area contributed by atoms with Gasteiger partial charge >= 0.3 is 12.2 Å². The second-order valence-electron chi connectivity index (χ2n) is 4.66. The van der Waals surface area contributed by atoms with Gasteiger partial charge in [-0.3, -0.25) is 9.59 Å². The summed E-state index contributed by atoms with van der Waals surface area (Å²) in [5, 5.41) is 11.4. The Labute approximate surface area is 131 Å². The fourth-order valence-corrected chi connectivity index (χ4v) is 1.88. The van der Waals surface area contributed by atoms with Gasteiger partial charge in [0, 0.05) is 33.0 Å². The molecule has 0 radical (unpaired) electrons. The normalized spacial score (nSPS) is 12.8. The number of rotatable bonds is 9. The zero-order chi connectivity index (χ0) is 17.4. The first-order valence-electron chi connectivity index (χ1n) is 6.64. The third kappa shape index (κ3) is 5.13. The Morgan fingerprint density at radius 3 is 2.74 bits per heavy atom. The number of ether oxygens (including phenoxy) is 1. The number of ketones is 1. The van der Waals surface area contributed by atoms with Crippen LogP contribution in [0.3, 0.4) is 0 Å². The van der Waals surface area contributed by atoms with Crippen molar-refractivity contribution < 1.29 is 29.0 Å². The molecular weight excluding hydrogens is 306 g/mol. The van der Waals surface area contributed by atoms with E-state index >= 15 is 0 Å². The quantitative estimate of drug-likeness (QED) is 0.350. The Kier molecular flexibility index (Phi) is 6.78. The molecule has 0 aliphatic heterocycles. The summed E-state index contributed by atoms with van der Waals surface area (Å²) in [6, 6.07) is -1.28. The minimum atomic E-state index is -1.29. The van der Waals surface area contributed by atoms with Crippen LogP contribution in [-0.4, -0.2) is 56.5 Å². The lowest BCUT2D eigenvalue weighted by atomic mass is 10.1. The highest BCUT2D eigenvalue weighted by atomic mass is 16.5. The Morgan fingerprint density at radius 2 is 2.26 bits per heavy atom. The maximum absolute atomic E-state index is 12.2. The summed E-state index contributed by atoms with van der Waals surface area (Å²) in [6.07, 6.45) is 2.36. The molecule has 124 valence electrons. The van der Waals surface area contributed by atoms with Gasteiger partial charge in [0.1, 0.15) is 11.9 Å². The number of hydrogen-bond donors (Lipinski definition) is 2. The van der Waals surface area contributed by atoms with Crippen LogP contribution in [-0.2, 0) is 26.2 Å². The van der Waals surface area contributed by atoms with E-state index in [4.69, 9.17) is 15.4 Å². The predicted molar refractivity (Wildman–Crippen MR) is 76.4 cm³/mol. The van der Waals surface area contributed by atoms with Crippen molar-refractivity contribution in [3.8, 4) is 0 Å². The first-order chi connectivity index (χ1) is 10.9. The van der Waals surface area contributed by atoms with Crippen LogP contribution in [0.15, 0.2) is 12.4 Å². The van der Waals surface area contributed by atoms with Crippen molar-refractivity contribution in [2.45, 2.75) is 25.0 Å². The van der Waals surface area contributed by atoms with Gasteiger partial charge in [0.25, 0.3) is 5.91 Å². The van der Waals surface area contributed by atoms with Crippen LogP contribution in [0.1, 0.15) is 24.8 Å². The molecule has 0 saturated carbocycles. The number of nitrogens with one attached hydrogen (secondary N) is 1. The second-order valence-corrected chi connectivity index (χ2v) is 4.66. The van der Waals surface area contributed by atoms with Crippen molar-refractivity contribution in [3.63, 3.8) is 0 Å². The topological polar surface area (TPSA) is 147 Å². The number of aliphatic carboxylic acids is 1. The van der Waals surface area contributed by atoms with E-state index < -0.39 is 29.8 Å². The van der Waals surface area contributed by atoms with Crippen molar-refractivity contribution in [3.05, 3.63) is 23.7 Å². The minimum Gasteiger partial charge on any atom is -0.480 e. The highest BCUT2D eigenvalue weighted by Crippen LogP contribution is 2.14. The molecule has 1 rings (SSSR count). The number of aromatic nitrogens is 2. The van der Waals surface area contributed by atoms with E-state index in [9.17, 15) is 14.4 Å². The van der Waals surface area contributed by atoms with Crippen molar-refractivity contribution >= 4 is 23.9 Å². The highest BCUT2D eigenvalue weighted by Gasteiger charge is 2.29. The lowest BCUT2D eigenvalue weighted by Gasteiger charge is -2.18. The molecule has 0 spiro atoms. The van der Waals surface area contributed by atoms with Crippen LogP contribution in [0.2, 0.25) is 0 Å². The van der Waals surface area contributed by atoms with E-state index in [0.29, 0.717) is 12.0 Å². The fourth-order valence-electron chi connectivity index (χ4n) is 1.88. The third-order valence-corrected chi connectivity index (χ3v) is 3.06. The van der Waals surface area contributed by atoms with Gasteiger partial charge in [0.2, 0.25) is 5.78 Å². The largest absolute Gasteiger partial charge is 0.480 e. The molecule has 10 heteroatoms. The summed E-state index contributed by atoms with van der Waals surface area (Å²) >= 11 is 0. The smallest absolute Gasteiger partial charge is 0.326 e. The van der Waals surface area contributed by atoms with Crippen molar-refractivity contribution in [1.29, 1.82) is 0 Å². The molecule has 1 amide bonds. The maximum atomic E-state index is 12.2. The molecule has 0 aromatic carbocycles. The van der Waals surface area contributed by atoms with Crippen LogP contribution in [0.4, 0.5) is 0 Å². The van der Waals surface area contributed by atoms with Gasteiger partial charge in [-0.2, -0.15) is 4.79 Å². The number of imidazole rings is 1. The van der Waals surface area contributed by atoms with Gasteiger partial charge in [-0.05, 0) is 6.42 Å². The van der Waals surface area contributed by atoms with Gasteiger partial charge in [-0.15, -0.1) is 0 Å². The molecule has 1 aromatic heterocycles. The van der Waals surface area contributed by atoms with E-state index in [0.717, 1.165) is 0 Å². The number of hydrogen-bond acceptors (Lipinski definition) is 5. The molecule has 0 bridgehead atoms. The van der Waals surface area contributed by atoms with E-state index in [-0.39, 0.29) is 12.8 Å². The van der Waals surface area contributed by atoms with Crippen LogP contribution in [0.5, 0.6) is 0 Å². The SMILES string of the molecule is CO[C@H](C(=O)N[C@@H](CCC(=O)C=[N+]=[N-])C(=O)O)c1nccn1C. The van der Waals surface area contributed by atoms with Gasteiger partial charge in [-0.1, -0.05) is 0 Å². The minimum absolute atomic E-state index is 0.150. The summed E-state index contributed by atoms with van der Waals surface area (Å²) in [4.78, 5) is 41.2. The molecule has 0 aliphatic carbocycles. The number of nitrogens with zero attached hydrogens (tertiary/aromatic N) is 4. The summed E-state index contributed by atoms with van der Waals surface area (Å²) in [6.45, 7) is 0. The van der Waals surface area contributed by atoms with Crippen LogP contribution in [0.25, 0.3) is 5.53 Å². The molecule has 0 fully saturated rings. The number of methoxy groups -OCH3 is 1.